The van der Waals surface area contributed by atoms with Crippen molar-refractivity contribution in [2.24, 2.45) is 28.9 Å². The summed E-state index contributed by atoms with van der Waals surface area (Å²) in [5, 5.41) is 13.0. The number of nitrogens with two attached hydrogens (primary N) is 1. The Balaban J connectivity index is 1.17. The first-order chi connectivity index (χ1) is 16.8. The van der Waals surface area contributed by atoms with Crippen molar-refractivity contribution in [2.75, 3.05) is 6.54 Å². The molecule has 35 heavy (non-hydrogen) atoms. The van der Waals surface area contributed by atoms with Crippen molar-refractivity contribution < 1.29 is 14.8 Å². The molecular formula is C28H30ClN3O3. The van der Waals surface area contributed by atoms with Crippen LogP contribution in [0.15, 0.2) is 48.7 Å². The number of benzene rings is 2. The van der Waals surface area contributed by atoms with Gasteiger partial charge < -0.3 is 10.3 Å². The van der Waals surface area contributed by atoms with E-state index < -0.39 is 11.8 Å². The maximum atomic E-state index is 13.1. The first-order valence-corrected chi connectivity index (χ1v) is 12.8. The number of aromatic nitrogens is 1. The van der Waals surface area contributed by atoms with Crippen LogP contribution in [0.5, 0.6) is 0 Å². The number of halogens is 1. The molecule has 3 aromatic rings. The van der Waals surface area contributed by atoms with Gasteiger partial charge in [0.1, 0.15) is 0 Å². The van der Waals surface area contributed by atoms with Crippen LogP contribution < -0.4 is 5.73 Å². The lowest BCUT2D eigenvalue weighted by molar-refractivity contribution is -0.129. The predicted octanol–water partition coefficient (Wildman–Crippen LogP) is 5.49. The number of nitrogens with zero attached hydrogens (tertiary/aromatic N) is 2. The maximum Gasteiger partial charge on any atom is 0.278 e. The Hall–Kier alpha value is -2.83. The van der Waals surface area contributed by atoms with E-state index in [9.17, 15) is 14.8 Å². The summed E-state index contributed by atoms with van der Waals surface area (Å²) in [6.07, 6.45) is 9.31. The molecule has 4 saturated carbocycles. The Kier molecular flexibility index (Phi) is 5.42. The van der Waals surface area contributed by atoms with E-state index in [0.29, 0.717) is 29.2 Å². The highest BCUT2D eigenvalue weighted by atomic mass is 35.5. The first-order valence-electron chi connectivity index (χ1n) is 12.5. The number of carbonyl (C=O) groups excluding carboxylic acids is 2. The van der Waals surface area contributed by atoms with Gasteiger partial charge in [-0.25, -0.2) is 5.06 Å². The minimum atomic E-state index is -0.451. The molecule has 7 rings (SSSR count). The van der Waals surface area contributed by atoms with E-state index in [2.05, 4.69) is 4.57 Å². The monoisotopic (exact) mass is 491 g/mol. The lowest BCUT2D eigenvalue weighted by Gasteiger charge is -2.57. The lowest BCUT2D eigenvalue weighted by Crippen LogP contribution is -2.51. The van der Waals surface area contributed by atoms with Gasteiger partial charge in [0.2, 0.25) is 5.91 Å². The second-order valence-electron chi connectivity index (χ2n) is 11.2. The van der Waals surface area contributed by atoms with Gasteiger partial charge in [0.15, 0.2) is 0 Å². The van der Waals surface area contributed by atoms with Crippen molar-refractivity contribution in [2.45, 2.75) is 45.1 Å². The lowest BCUT2D eigenvalue weighted by atomic mass is 9.49. The molecule has 4 fully saturated rings. The Labute approximate surface area is 209 Å². The van der Waals surface area contributed by atoms with Crippen LogP contribution in [0.4, 0.5) is 0 Å². The molecule has 2 amide bonds. The molecule has 0 aliphatic heterocycles. The van der Waals surface area contributed by atoms with Crippen molar-refractivity contribution in [3.05, 3.63) is 70.4 Å². The molecule has 6 nitrogen and oxygen atoms in total. The SMILES string of the molecule is NC(=O)c1ccc2c(ccn2Cc2ccc(C(=O)N(O)CC34CC5CC(CC(C5)C3)C4)c(Cl)c2)c1. The fourth-order valence-corrected chi connectivity index (χ4v) is 7.81. The number of hydrogen-bond donors (Lipinski definition) is 2. The molecule has 1 aromatic heterocycles. The van der Waals surface area contributed by atoms with Crippen molar-refractivity contribution in [1.82, 2.24) is 9.63 Å². The molecule has 4 aliphatic rings. The van der Waals surface area contributed by atoms with Gasteiger partial charge in [0.25, 0.3) is 5.91 Å². The summed E-state index contributed by atoms with van der Waals surface area (Å²) in [6, 6.07) is 12.7. The van der Waals surface area contributed by atoms with Gasteiger partial charge in [0.05, 0.1) is 17.1 Å². The molecule has 0 unspecified atom stereocenters. The molecule has 0 spiro atoms. The summed E-state index contributed by atoms with van der Waals surface area (Å²) in [5.74, 6) is 1.41. The summed E-state index contributed by atoms with van der Waals surface area (Å²) < 4.78 is 2.05. The van der Waals surface area contributed by atoms with E-state index in [1.54, 1.807) is 24.3 Å². The molecule has 4 aliphatic carbocycles. The van der Waals surface area contributed by atoms with Gasteiger partial charge in [-0.05, 0) is 104 Å². The van der Waals surface area contributed by atoms with E-state index in [1.807, 2.05) is 24.4 Å². The molecule has 2 aromatic carbocycles. The average Bonchev–Trinajstić information content (AvgIpc) is 3.19. The Bertz CT molecular complexity index is 1290. The van der Waals surface area contributed by atoms with E-state index in [1.165, 1.54) is 19.3 Å². The van der Waals surface area contributed by atoms with Crippen molar-refractivity contribution in [1.29, 1.82) is 0 Å². The number of hydrogen-bond acceptors (Lipinski definition) is 3. The third-order valence-corrected chi connectivity index (χ3v) is 8.87. The van der Waals surface area contributed by atoms with Gasteiger partial charge in [-0.3, -0.25) is 14.8 Å². The van der Waals surface area contributed by atoms with Crippen LogP contribution in [0, 0.1) is 23.2 Å². The second kappa shape index (κ2) is 8.38. The Morgan fingerprint density at radius 2 is 1.71 bits per heavy atom. The summed E-state index contributed by atoms with van der Waals surface area (Å²) in [7, 11) is 0. The van der Waals surface area contributed by atoms with Crippen LogP contribution >= 0.6 is 11.6 Å². The van der Waals surface area contributed by atoms with Crippen molar-refractivity contribution in [3.8, 4) is 0 Å². The van der Waals surface area contributed by atoms with Crippen molar-refractivity contribution >= 4 is 34.3 Å². The zero-order valence-electron chi connectivity index (χ0n) is 19.6. The third-order valence-electron chi connectivity index (χ3n) is 8.56. The molecule has 1 heterocycles. The Morgan fingerprint density at radius 3 is 2.34 bits per heavy atom. The van der Waals surface area contributed by atoms with Crippen LogP contribution in [0.2, 0.25) is 5.02 Å². The Morgan fingerprint density at radius 1 is 1.03 bits per heavy atom. The second-order valence-corrected chi connectivity index (χ2v) is 11.6. The van der Waals surface area contributed by atoms with Crippen LogP contribution in [-0.2, 0) is 6.54 Å². The molecule has 182 valence electrons. The molecule has 4 bridgehead atoms. The van der Waals surface area contributed by atoms with Gasteiger partial charge >= 0.3 is 0 Å². The molecule has 3 N–H and O–H groups in total. The molecule has 0 atom stereocenters. The number of fused-ring (bicyclic) bond motifs is 1. The first kappa shape index (κ1) is 22.6. The van der Waals surface area contributed by atoms with E-state index >= 15 is 0 Å². The van der Waals surface area contributed by atoms with E-state index in [0.717, 1.165) is 58.5 Å². The van der Waals surface area contributed by atoms with Crippen LogP contribution in [0.25, 0.3) is 10.9 Å². The normalized spacial score (nSPS) is 26.9. The molecular weight excluding hydrogens is 462 g/mol. The zero-order valence-corrected chi connectivity index (χ0v) is 20.4. The van der Waals surface area contributed by atoms with Gasteiger partial charge in [0, 0.05) is 29.2 Å². The molecule has 0 saturated heterocycles. The summed E-state index contributed by atoms with van der Waals surface area (Å²) in [5.41, 5.74) is 8.17. The predicted molar refractivity (Wildman–Crippen MR) is 134 cm³/mol. The fraction of sp³-hybridized carbons (Fsp3) is 0.429. The zero-order chi connectivity index (χ0) is 24.3. The quantitative estimate of drug-likeness (QED) is 0.353. The number of carbonyl (C=O) groups is 2. The number of rotatable bonds is 6. The minimum Gasteiger partial charge on any atom is -0.366 e. The highest BCUT2D eigenvalue weighted by molar-refractivity contribution is 6.33. The third kappa shape index (κ3) is 4.13. The van der Waals surface area contributed by atoms with Crippen LogP contribution in [-0.4, -0.2) is 33.2 Å². The van der Waals surface area contributed by atoms with Crippen LogP contribution in [0.3, 0.4) is 0 Å². The van der Waals surface area contributed by atoms with Crippen molar-refractivity contribution in [3.63, 3.8) is 0 Å². The summed E-state index contributed by atoms with van der Waals surface area (Å²) in [6.45, 7) is 0.958. The molecule has 7 heteroatoms. The highest BCUT2D eigenvalue weighted by Gasteiger charge is 2.51. The summed E-state index contributed by atoms with van der Waals surface area (Å²) in [4.78, 5) is 24.6. The smallest absolute Gasteiger partial charge is 0.278 e. The maximum absolute atomic E-state index is 13.1. The van der Waals surface area contributed by atoms with E-state index in [4.69, 9.17) is 17.3 Å². The largest absolute Gasteiger partial charge is 0.366 e. The highest BCUT2D eigenvalue weighted by Crippen LogP contribution is 2.60. The van der Waals surface area contributed by atoms with E-state index in [-0.39, 0.29) is 5.41 Å². The van der Waals surface area contributed by atoms with Crippen LogP contribution in [0.1, 0.15) is 64.8 Å². The molecule has 0 radical (unpaired) electrons. The number of primary amides is 1. The van der Waals surface area contributed by atoms with Gasteiger partial charge in [-0.15, -0.1) is 0 Å². The number of amides is 2. The van der Waals surface area contributed by atoms with Gasteiger partial charge in [-0.1, -0.05) is 17.7 Å². The van der Waals surface area contributed by atoms with Gasteiger partial charge in [-0.2, -0.15) is 0 Å². The standard InChI is InChI=1S/C28H30ClN3O3/c29-24-10-17(15-31-6-5-21-11-22(26(30)33)2-4-25(21)31)1-3-23(24)27(34)32(35)16-28-12-18-7-19(13-28)9-20(8-18)14-28/h1-6,10-11,18-20,35H,7-9,12-16H2,(H2,30,33). The fourth-order valence-electron chi connectivity index (χ4n) is 7.53. The number of hydroxylamine groups is 2. The average molecular weight is 492 g/mol. The summed E-state index contributed by atoms with van der Waals surface area (Å²) >= 11 is 6.54. The minimum absolute atomic E-state index is 0.0649. The topological polar surface area (TPSA) is 88.6 Å².